The summed E-state index contributed by atoms with van der Waals surface area (Å²) in [6, 6.07) is 9.37. The Kier molecular flexibility index (Phi) is 9.52. The zero-order chi connectivity index (χ0) is 22.9. The van der Waals surface area contributed by atoms with E-state index in [4.69, 9.17) is 0 Å². The van der Waals surface area contributed by atoms with Crippen molar-refractivity contribution in [3.8, 4) is 17.2 Å². The lowest BCUT2D eigenvalue weighted by Gasteiger charge is -2.32. The number of hydrogen-bond donors (Lipinski definition) is 4. The van der Waals surface area contributed by atoms with Crippen LogP contribution in [0.15, 0.2) is 47.4 Å². The molecular weight excluding hydrogens is 416 g/mol. The third-order valence-corrected chi connectivity index (χ3v) is 7.49. The van der Waals surface area contributed by atoms with Crippen LogP contribution >= 0.6 is 0 Å². The molecule has 170 valence electrons. The van der Waals surface area contributed by atoms with Crippen molar-refractivity contribution in [1.29, 1.82) is 0 Å². The number of carboxylic acids is 1. The number of aliphatic carboxylic acids is 1. The van der Waals surface area contributed by atoms with Crippen LogP contribution in [0.5, 0.6) is 17.2 Å². The van der Waals surface area contributed by atoms with Crippen molar-refractivity contribution in [3.63, 3.8) is 0 Å². The Labute approximate surface area is 186 Å². The first-order valence-electron chi connectivity index (χ1n) is 10.8. The average Bonchev–Trinajstić information content (AvgIpc) is 2.72. The lowest BCUT2D eigenvalue weighted by molar-refractivity contribution is -0.140. The molecule has 2 aromatic carbocycles. The van der Waals surface area contributed by atoms with Crippen LogP contribution in [0.1, 0.15) is 70.3 Å². The minimum atomic E-state index is -2.17. The standard InChI is InChI=1S/C24H32O6S/c1-2-3-4-5-6-7-8-9-15-24(23(28)29,18-11-10-12-19(25)16-18)31(30)22-14-13-20(26)17-21(22)27/h10-14,16-17,25-27H,2-9,15H2,1H3,(H,28,29). The van der Waals surface area contributed by atoms with Crippen LogP contribution in [-0.2, 0) is 20.7 Å². The fourth-order valence-electron chi connectivity index (χ4n) is 3.77. The van der Waals surface area contributed by atoms with Gasteiger partial charge in [-0.25, -0.2) is 4.79 Å². The van der Waals surface area contributed by atoms with Crippen molar-refractivity contribution in [3.05, 3.63) is 48.0 Å². The molecular formula is C24H32O6S. The summed E-state index contributed by atoms with van der Waals surface area (Å²) in [5.74, 6) is -2.04. The minimum Gasteiger partial charge on any atom is -0.610 e. The highest BCUT2D eigenvalue weighted by atomic mass is 32.2. The second-order valence-corrected chi connectivity index (χ2v) is 9.50. The van der Waals surface area contributed by atoms with Crippen LogP contribution in [-0.4, -0.2) is 30.9 Å². The molecule has 0 aliphatic carbocycles. The lowest BCUT2D eigenvalue weighted by Crippen LogP contribution is -2.44. The van der Waals surface area contributed by atoms with E-state index in [1.54, 1.807) is 0 Å². The number of rotatable bonds is 13. The molecule has 2 atom stereocenters. The van der Waals surface area contributed by atoms with Gasteiger partial charge in [0.2, 0.25) is 0 Å². The highest BCUT2D eigenvalue weighted by molar-refractivity contribution is 7.93. The van der Waals surface area contributed by atoms with Crippen LogP contribution in [0, 0.1) is 0 Å². The molecule has 0 aliphatic rings. The fourth-order valence-corrected chi connectivity index (χ4v) is 5.41. The fraction of sp³-hybridized carbons (Fsp3) is 0.458. The number of carboxylic acid groups (broad SMARTS) is 1. The molecule has 31 heavy (non-hydrogen) atoms. The first-order chi connectivity index (χ1) is 14.8. The number of aromatic hydroxyl groups is 3. The molecule has 2 aromatic rings. The molecule has 0 fully saturated rings. The van der Waals surface area contributed by atoms with Crippen molar-refractivity contribution in [1.82, 2.24) is 0 Å². The van der Waals surface area contributed by atoms with E-state index in [2.05, 4.69) is 6.92 Å². The summed E-state index contributed by atoms with van der Waals surface area (Å²) < 4.78 is 11.8. The monoisotopic (exact) mass is 448 g/mol. The first kappa shape index (κ1) is 24.9. The number of phenols is 3. The second kappa shape index (κ2) is 11.9. The van der Waals surface area contributed by atoms with Crippen molar-refractivity contribution in [2.45, 2.75) is 74.4 Å². The topological polar surface area (TPSA) is 121 Å². The quantitative estimate of drug-likeness (QED) is 0.240. The Morgan fingerprint density at radius 1 is 0.903 bits per heavy atom. The summed E-state index contributed by atoms with van der Waals surface area (Å²) in [7, 11) is 0. The molecule has 6 nitrogen and oxygen atoms in total. The van der Waals surface area contributed by atoms with E-state index < -0.39 is 27.6 Å². The van der Waals surface area contributed by atoms with Crippen LogP contribution in [0.3, 0.4) is 0 Å². The average molecular weight is 449 g/mol. The largest absolute Gasteiger partial charge is 0.610 e. The second-order valence-electron chi connectivity index (χ2n) is 7.83. The van der Waals surface area contributed by atoms with Gasteiger partial charge in [0, 0.05) is 35.3 Å². The van der Waals surface area contributed by atoms with Gasteiger partial charge in [0.25, 0.3) is 4.75 Å². The molecule has 2 unspecified atom stereocenters. The number of unbranched alkanes of at least 4 members (excludes halogenated alkanes) is 7. The normalized spacial score (nSPS) is 14.1. The van der Waals surface area contributed by atoms with E-state index >= 15 is 0 Å². The summed E-state index contributed by atoms with van der Waals surface area (Å²) in [6.07, 6.45) is 8.23. The number of carbonyl (C=O) groups is 1. The van der Waals surface area contributed by atoms with E-state index in [0.717, 1.165) is 31.7 Å². The van der Waals surface area contributed by atoms with Crippen LogP contribution in [0.2, 0.25) is 0 Å². The smallest absolute Gasteiger partial charge is 0.365 e. The number of hydrogen-bond acceptors (Lipinski definition) is 5. The SMILES string of the molecule is CCCCCCCCCCC(C(=O)O)(c1cccc(O)c1)[S+]([O-])c1ccc(O)cc1O. The molecule has 0 bridgehead atoms. The number of benzene rings is 2. The molecule has 0 spiro atoms. The molecule has 4 N–H and O–H groups in total. The van der Waals surface area contributed by atoms with E-state index in [1.807, 2.05) is 0 Å². The van der Waals surface area contributed by atoms with Gasteiger partial charge in [0.05, 0.1) is 0 Å². The first-order valence-corrected chi connectivity index (χ1v) is 11.9. The molecule has 0 radical (unpaired) electrons. The maximum atomic E-state index is 13.6. The predicted octanol–water partition coefficient (Wildman–Crippen LogP) is 5.42. The molecule has 0 saturated heterocycles. The van der Waals surface area contributed by atoms with E-state index in [1.165, 1.54) is 55.7 Å². The van der Waals surface area contributed by atoms with Crippen molar-refractivity contribution < 1.29 is 29.8 Å². The van der Waals surface area contributed by atoms with Gasteiger partial charge in [-0.3, -0.25) is 0 Å². The minimum absolute atomic E-state index is 0.0666. The summed E-state index contributed by atoms with van der Waals surface area (Å²) in [5, 5.41) is 40.0. The Morgan fingerprint density at radius 3 is 2.10 bits per heavy atom. The summed E-state index contributed by atoms with van der Waals surface area (Å²) in [6.45, 7) is 2.17. The predicted molar refractivity (Wildman–Crippen MR) is 121 cm³/mol. The molecule has 0 aromatic heterocycles. The van der Waals surface area contributed by atoms with E-state index in [0.29, 0.717) is 6.42 Å². The summed E-state index contributed by atoms with van der Waals surface area (Å²) in [5.41, 5.74) is 0.216. The van der Waals surface area contributed by atoms with Crippen LogP contribution < -0.4 is 0 Å². The lowest BCUT2D eigenvalue weighted by atomic mass is 9.91. The Morgan fingerprint density at radius 2 is 1.52 bits per heavy atom. The summed E-state index contributed by atoms with van der Waals surface area (Å²) >= 11 is -2.17. The number of phenolic OH excluding ortho intramolecular Hbond substituents is 3. The molecule has 7 heteroatoms. The highest BCUT2D eigenvalue weighted by Gasteiger charge is 2.53. The molecule has 0 aliphatic heterocycles. The van der Waals surface area contributed by atoms with Gasteiger partial charge < -0.3 is 25.0 Å². The van der Waals surface area contributed by atoms with E-state index in [9.17, 15) is 29.8 Å². The van der Waals surface area contributed by atoms with Gasteiger partial charge in [-0.05, 0) is 24.6 Å². The van der Waals surface area contributed by atoms with Crippen LogP contribution in [0.4, 0.5) is 0 Å². The molecule has 0 heterocycles. The van der Waals surface area contributed by atoms with E-state index in [-0.39, 0.29) is 28.4 Å². The summed E-state index contributed by atoms with van der Waals surface area (Å²) in [4.78, 5) is 12.5. The van der Waals surface area contributed by atoms with Crippen LogP contribution in [0.25, 0.3) is 0 Å². The molecule has 0 amide bonds. The van der Waals surface area contributed by atoms with Gasteiger partial charge in [0.1, 0.15) is 11.5 Å². The van der Waals surface area contributed by atoms with Crippen molar-refractivity contribution in [2.24, 2.45) is 0 Å². The Hall–Kier alpha value is -2.38. The Balaban J connectivity index is 2.29. The highest BCUT2D eigenvalue weighted by Crippen LogP contribution is 2.44. The molecule has 0 saturated carbocycles. The zero-order valence-corrected chi connectivity index (χ0v) is 18.7. The van der Waals surface area contributed by atoms with Crippen molar-refractivity contribution >= 4 is 17.1 Å². The zero-order valence-electron chi connectivity index (χ0n) is 17.9. The van der Waals surface area contributed by atoms with Gasteiger partial charge in [0.15, 0.2) is 10.6 Å². The van der Waals surface area contributed by atoms with Gasteiger partial charge >= 0.3 is 5.97 Å². The maximum Gasteiger partial charge on any atom is 0.365 e. The van der Waals surface area contributed by atoms with Gasteiger partial charge in [-0.15, -0.1) is 0 Å². The van der Waals surface area contributed by atoms with Crippen molar-refractivity contribution in [2.75, 3.05) is 0 Å². The van der Waals surface area contributed by atoms with Gasteiger partial charge in [-0.1, -0.05) is 64.0 Å². The van der Waals surface area contributed by atoms with Gasteiger partial charge in [-0.2, -0.15) is 0 Å². The Bertz CT molecular complexity index is 856. The third-order valence-electron chi connectivity index (χ3n) is 5.50. The molecule has 2 rings (SSSR count). The maximum absolute atomic E-state index is 13.6. The third kappa shape index (κ3) is 6.31.